The fraction of sp³-hybridized carbons (Fsp3) is 0.933. The third-order valence-electron chi connectivity index (χ3n) is 6.13. The second kappa shape index (κ2) is 4.22. The first-order chi connectivity index (χ1) is 8.20. The first-order valence-corrected chi connectivity index (χ1v) is 7.26. The molecule has 4 atom stereocenters. The SMILES string of the molecule is CC(C)C(N)C(=O)NC1CC2CCC1(C)C2(C)C. The highest BCUT2D eigenvalue weighted by atomic mass is 16.2. The van der Waals surface area contributed by atoms with E-state index in [1.807, 2.05) is 13.8 Å². The van der Waals surface area contributed by atoms with Gasteiger partial charge in [0, 0.05) is 6.04 Å². The van der Waals surface area contributed by atoms with Gasteiger partial charge in [0.25, 0.3) is 0 Å². The predicted molar refractivity (Wildman–Crippen MR) is 74.0 cm³/mol. The van der Waals surface area contributed by atoms with E-state index in [0.717, 1.165) is 12.3 Å². The van der Waals surface area contributed by atoms with Crippen LogP contribution in [0.5, 0.6) is 0 Å². The second-order valence-corrected chi connectivity index (χ2v) is 7.44. The van der Waals surface area contributed by atoms with Gasteiger partial charge in [0.05, 0.1) is 6.04 Å². The van der Waals surface area contributed by atoms with Gasteiger partial charge in [0.2, 0.25) is 5.91 Å². The van der Waals surface area contributed by atoms with Crippen LogP contribution >= 0.6 is 0 Å². The lowest BCUT2D eigenvalue weighted by Gasteiger charge is -2.39. The number of hydrogen-bond acceptors (Lipinski definition) is 2. The van der Waals surface area contributed by atoms with Crippen LogP contribution in [-0.4, -0.2) is 18.0 Å². The van der Waals surface area contributed by atoms with Crippen molar-refractivity contribution in [2.75, 3.05) is 0 Å². The van der Waals surface area contributed by atoms with Crippen molar-refractivity contribution < 1.29 is 4.79 Å². The molecular formula is C15H28N2O. The summed E-state index contributed by atoms with van der Waals surface area (Å²) >= 11 is 0. The smallest absolute Gasteiger partial charge is 0.237 e. The Kier molecular flexibility index (Phi) is 3.25. The standard InChI is InChI=1S/C15H28N2O/c1-9(2)12(16)13(18)17-11-8-10-6-7-15(11,5)14(10,3)4/h9-12H,6-8,16H2,1-5H3,(H,17,18). The summed E-state index contributed by atoms with van der Waals surface area (Å²) in [4.78, 5) is 12.1. The van der Waals surface area contributed by atoms with Crippen molar-refractivity contribution in [1.29, 1.82) is 0 Å². The van der Waals surface area contributed by atoms with Crippen LogP contribution in [0.2, 0.25) is 0 Å². The highest BCUT2D eigenvalue weighted by Gasteiger charge is 2.61. The topological polar surface area (TPSA) is 55.1 Å². The third kappa shape index (κ3) is 1.78. The minimum atomic E-state index is -0.379. The Bertz CT molecular complexity index is 350. The summed E-state index contributed by atoms with van der Waals surface area (Å²) < 4.78 is 0. The number of nitrogens with two attached hydrogens (primary N) is 1. The average Bonchev–Trinajstić information content (AvgIpc) is 2.60. The largest absolute Gasteiger partial charge is 0.351 e. The molecule has 0 radical (unpaired) electrons. The summed E-state index contributed by atoms with van der Waals surface area (Å²) in [6, 6.07) is -0.0700. The maximum Gasteiger partial charge on any atom is 0.237 e. The Morgan fingerprint density at radius 3 is 2.33 bits per heavy atom. The lowest BCUT2D eigenvalue weighted by Crippen LogP contribution is -2.52. The molecule has 2 saturated carbocycles. The first kappa shape index (κ1) is 13.9. The number of amides is 1. The minimum absolute atomic E-state index is 0.0274. The van der Waals surface area contributed by atoms with E-state index < -0.39 is 0 Å². The Morgan fingerprint density at radius 1 is 1.33 bits per heavy atom. The van der Waals surface area contributed by atoms with E-state index in [2.05, 4.69) is 26.1 Å². The van der Waals surface area contributed by atoms with E-state index >= 15 is 0 Å². The van der Waals surface area contributed by atoms with Crippen LogP contribution < -0.4 is 11.1 Å². The Hall–Kier alpha value is -0.570. The number of fused-ring (bicyclic) bond motifs is 2. The van der Waals surface area contributed by atoms with Crippen LogP contribution in [0.15, 0.2) is 0 Å². The van der Waals surface area contributed by atoms with E-state index in [4.69, 9.17) is 5.73 Å². The Balaban J connectivity index is 2.07. The molecule has 0 aromatic rings. The highest BCUT2D eigenvalue weighted by molar-refractivity contribution is 5.82. The van der Waals surface area contributed by atoms with Crippen molar-refractivity contribution in [2.45, 2.75) is 66.0 Å². The maximum absolute atomic E-state index is 12.1. The molecule has 3 heteroatoms. The van der Waals surface area contributed by atoms with E-state index in [9.17, 15) is 4.79 Å². The molecule has 2 fully saturated rings. The molecule has 0 spiro atoms. The molecule has 3 N–H and O–H groups in total. The lowest BCUT2D eigenvalue weighted by molar-refractivity contribution is -0.125. The molecule has 2 aliphatic rings. The van der Waals surface area contributed by atoms with E-state index in [0.29, 0.717) is 11.5 Å². The number of hydrogen-bond donors (Lipinski definition) is 2. The van der Waals surface area contributed by atoms with Crippen molar-refractivity contribution >= 4 is 5.91 Å². The number of nitrogens with one attached hydrogen (secondary N) is 1. The van der Waals surface area contributed by atoms with Gasteiger partial charge in [0.1, 0.15) is 0 Å². The molecule has 104 valence electrons. The van der Waals surface area contributed by atoms with Crippen molar-refractivity contribution in [3.8, 4) is 0 Å². The number of rotatable bonds is 3. The molecule has 0 heterocycles. The van der Waals surface area contributed by atoms with E-state index in [-0.39, 0.29) is 23.3 Å². The molecule has 0 aromatic carbocycles. The van der Waals surface area contributed by atoms with Crippen molar-refractivity contribution in [3.05, 3.63) is 0 Å². The van der Waals surface area contributed by atoms with E-state index in [1.165, 1.54) is 12.8 Å². The first-order valence-electron chi connectivity index (χ1n) is 7.26. The molecule has 0 aliphatic heterocycles. The van der Waals surface area contributed by atoms with Gasteiger partial charge >= 0.3 is 0 Å². The van der Waals surface area contributed by atoms with Crippen LogP contribution in [0, 0.1) is 22.7 Å². The normalized spacial score (nSPS) is 39.1. The number of carbonyl (C=O) groups excluding carboxylic acids is 1. The van der Waals surface area contributed by atoms with Crippen molar-refractivity contribution in [3.63, 3.8) is 0 Å². The fourth-order valence-electron chi connectivity index (χ4n) is 3.99. The highest BCUT2D eigenvalue weighted by Crippen LogP contribution is 2.65. The lowest BCUT2D eigenvalue weighted by atomic mass is 9.69. The summed E-state index contributed by atoms with van der Waals surface area (Å²) in [6.45, 7) is 11.1. The molecule has 18 heavy (non-hydrogen) atoms. The van der Waals surface area contributed by atoms with Crippen LogP contribution in [-0.2, 0) is 4.79 Å². The zero-order valence-corrected chi connectivity index (χ0v) is 12.4. The molecule has 0 aromatic heterocycles. The Labute approximate surface area is 111 Å². The zero-order chi connectivity index (χ0) is 13.7. The van der Waals surface area contributed by atoms with Gasteiger partial charge < -0.3 is 11.1 Å². The summed E-state index contributed by atoms with van der Waals surface area (Å²) in [5.41, 5.74) is 6.52. The van der Waals surface area contributed by atoms with Crippen LogP contribution in [0.25, 0.3) is 0 Å². The number of carbonyl (C=O) groups is 1. The molecular weight excluding hydrogens is 224 g/mol. The van der Waals surface area contributed by atoms with Gasteiger partial charge in [-0.25, -0.2) is 0 Å². The summed E-state index contributed by atoms with van der Waals surface area (Å²) in [5, 5.41) is 3.22. The Morgan fingerprint density at radius 2 is 1.94 bits per heavy atom. The van der Waals surface area contributed by atoms with Gasteiger partial charge in [0.15, 0.2) is 0 Å². The van der Waals surface area contributed by atoms with Gasteiger partial charge in [-0.2, -0.15) is 0 Å². The van der Waals surface area contributed by atoms with Crippen LogP contribution in [0.3, 0.4) is 0 Å². The summed E-state index contributed by atoms with van der Waals surface area (Å²) in [5.74, 6) is 0.979. The molecule has 0 saturated heterocycles. The van der Waals surface area contributed by atoms with Crippen molar-refractivity contribution in [2.24, 2.45) is 28.4 Å². The molecule has 2 bridgehead atoms. The summed E-state index contributed by atoms with van der Waals surface area (Å²) in [6.07, 6.45) is 3.67. The molecule has 1 amide bonds. The van der Waals surface area contributed by atoms with Crippen molar-refractivity contribution in [1.82, 2.24) is 5.32 Å². The average molecular weight is 252 g/mol. The summed E-state index contributed by atoms with van der Waals surface area (Å²) in [7, 11) is 0. The van der Waals surface area contributed by atoms with Gasteiger partial charge in [-0.1, -0.05) is 34.6 Å². The van der Waals surface area contributed by atoms with Gasteiger partial charge in [-0.3, -0.25) is 4.79 Å². The second-order valence-electron chi connectivity index (χ2n) is 7.44. The molecule has 2 aliphatic carbocycles. The third-order valence-corrected chi connectivity index (χ3v) is 6.13. The van der Waals surface area contributed by atoms with E-state index in [1.54, 1.807) is 0 Å². The molecule has 3 nitrogen and oxygen atoms in total. The monoisotopic (exact) mass is 252 g/mol. The fourth-order valence-corrected chi connectivity index (χ4v) is 3.99. The van der Waals surface area contributed by atoms with Gasteiger partial charge in [-0.15, -0.1) is 0 Å². The predicted octanol–water partition coefficient (Wildman–Crippen LogP) is 2.30. The molecule has 4 unspecified atom stereocenters. The quantitative estimate of drug-likeness (QED) is 0.810. The van der Waals surface area contributed by atoms with Crippen LogP contribution in [0.1, 0.15) is 53.9 Å². The zero-order valence-electron chi connectivity index (χ0n) is 12.4. The van der Waals surface area contributed by atoms with Gasteiger partial charge in [-0.05, 0) is 41.9 Å². The van der Waals surface area contributed by atoms with Crippen LogP contribution in [0.4, 0.5) is 0 Å². The maximum atomic E-state index is 12.1. The molecule has 2 rings (SSSR count). The minimum Gasteiger partial charge on any atom is -0.351 e.